The van der Waals surface area contributed by atoms with Crippen LogP contribution in [0.2, 0.25) is 0 Å². The first-order chi connectivity index (χ1) is 7.67. The fraction of sp³-hybridized carbons (Fsp3) is 0.250. The minimum Gasteiger partial charge on any atom is -0.496 e. The molecule has 0 aliphatic carbocycles. The molecule has 0 radical (unpaired) electrons. The summed E-state index contributed by atoms with van der Waals surface area (Å²) in [5.74, 6) is -0.252. The molecule has 1 aromatic rings. The SMILES string of the molecule is COc1ccc(C=CCBr)cc1CC(=O)O. The highest BCUT2D eigenvalue weighted by Gasteiger charge is 2.07. The van der Waals surface area contributed by atoms with Crippen molar-refractivity contribution in [1.29, 1.82) is 0 Å². The van der Waals surface area contributed by atoms with Gasteiger partial charge in [0.1, 0.15) is 5.75 Å². The number of hydrogen-bond donors (Lipinski definition) is 1. The van der Waals surface area contributed by atoms with Crippen LogP contribution in [0.3, 0.4) is 0 Å². The van der Waals surface area contributed by atoms with E-state index in [0.717, 1.165) is 10.9 Å². The van der Waals surface area contributed by atoms with Crippen molar-refractivity contribution in [3.05, 3.63) is 35.4 Å². The van der Waals surface area contributed by atoms with Crippen LogP contribution in [0.1, 0.15) is 11.1 Å². The summed E-state index contributed by atoms with van der Waals surface area (Å²) in [7, 11) is 1.54. The van der Waals surface area contributed by atoms with Crippen molar-refractivity contribution in [2.45, 2.75) is 6.42 Å². The van der Waals surface area contributed by atoms with E-state index in [1.807, 2.05) is 24.3 Å². The van der Waals surface area contributed by atoms with Gasteiger partial charge >= 0.3 is 5.97 Å². The molecule has 4 heteroatoms. The van der Waals surface area contributed by atoms with Crippen molar-refractivity contribution >= 4 is 28.0 Å². The summed E-state index contributed by atoms with van der Waals surface area (Å²) >= 11 is 3.29. The lowest BCUT2D eigenvalue weighted by Crippen LogP contribution is -2.02. The molecule has 0 aliphatic rings. The Morgan fingerprint density at radius 1 is 1.56 bits per heavy atom. The fourth-order valence-electron chi connectivity index (χ4n) is 1.38. The van der Waals surface area contributed by atoms with Gasteiger partial charge in [0.15, 0.2) is 0 Å². The average molecular weight is 285 g/mol. The molecule has 0 spiro atoms. The Morgan fingerprint density at radius 3 is 2.88 bits per heavy atom. The van der Waals surface area contributed by atoms with Gasteiger partial charge in [-0.25, -0.2) is 0 Å². The smallest absolute Gasteiger partial charge is 0.307 e. The molecule has 0 amide bonds. The molecule has 0 saturated carbocycles. The van der Waals surface area contributed by atoms with Gasteiger partial charge in [-0.2, -0.15) is 0 Å². The number of carbonyl (C=O) groups is 1. The molecule has 0 fully saturated rings. The first-order valence-corrected chi connectivity index (χ1v) is 5.90. The van der Waals surface area contributed by atoms with Gasteiger partial charge in [-0.05, 0) is 17.7 Å². The zero-order chi connectivity index (χ0) is 12.0. The molecule has 0 aliphatic heterocycles. The molecule has 1 aromatic carbocycles. The minimum absolute atomic E-state index is 0.0286. The number of halogens is 1. The second-order valence-corrected chi connectivity index (χ2v) is 3.85. The molecule has 16 heavy (non-hydrogen) atoms. The zero-order valence-corrected chi connectivity index (χ0v) is 10.5. The van der Waals surface area contributed by atoms with E-state index in [1.165, 1.54) is 7.11 Å². The zero-order valence-electron chi connectivity index (χ0n) is 8.94. The number of rotatable bonds is 5. The van der Waals surface area contributed by atoms with Crippen molar-refractivity contribution in [2.75, 3.05) is 12.4 Å². The predicted molar refractivity (Wildman–Crippen MR) is 67.2 cm³/mol. The normalized spacial score (nSPS) is 10.6. The van der Waals surface area contributed by atoms with Crippen molar-refractivity contribution in [1.82, 2.24) is 0 Å². The van der Waals surface area contributed by atoms with E-state index in [4.69, 9.17) is 9.84 Å². The maximum Gasteiger partial charge on any atom is 0.307 e. The van der Waals surface area contributed by atoms with Gasteiger partial charge in [0.25, 0.3) is 0 Å². The third-order valence-corrected chi connectivity index (χ3v) is 2.42. The predicted octanol–water partition coefficient (Wildman–Crippen LogP) is 2.73. The molecular formula is C12H13BrO3. The van der Waals surface area contributed by atoms with Crippen molar-refractivity contribution in [3.8, 4) is 5.75 Å². The second kappa shape index (κ2) is 6.33. The summed E-state index contributed by atoms with van der Waals surface area (Å²) in [6, 6.07) is 5.50. The van der Waals surface area contributed by atoms with Crippen LogP contribution in [0.15, 0.2) is 24.3 Å². The van der Waals surface area contributed by atoms with Gasteiger partial charge in [-0.15, -0.1) is 0 Å². The Balaban J connectivity index is 3.00. The molecule has 0 unspecified atom stereocenters. The number of carboxylic acids is 1. The van der Waals surface area contributed by atoms with Crippen LogP contribution in [0.25, 0.3) is 6.08 Å². The molecule has 1 rings (SSSR count). The lowest BCUT2D eigenvalue weighted by atomic mass is 10.1. The third-order valence-electron chi connectivity index (χ3n) is 2.05. The van der Waals surface area contributed by atoms with E-state index in [2.05, 4.69) is 15.9 Å². The first kappa shape index (κ1) is 12.8. The number of benzene rings is 1. The molecule has 0 saturated heterocycles. The largest absolute Gasteiger partial charge is 0.496 e. The van der Waals surface area contributed by atoms with Gasteiger partial charge in [0, 0.05) is 10.9 Å². The first-order valence-electron chi connectivity index (χ1n) is 4.78. The molecule has 0 bridgehead atoms. The highest BCUT2D eigenvalue weighted by Crippen LogP contribution is 2.21. The fourth-order valence-corrected chi connectivity index (χ4v) is 1.57. The van der Waals surface area contributed by atoms with Gasteiger partial charge in [0.2, 0.25) is 0 Å². The number of ether oxygens (including phenoxy) is 1. The second-order valence-electron chi connectivity index (χ2n) is 3.20. The van der Waals surface area contributed by atoms with Gasteiger partial charge in [0.05, 0.1) is 13.5 Å². The van der Waals surface area contributed by atoms with E-state index >= 15 is 0 Å². The highest BCUT2D eigenvalue weighted by molar-refractivity contribution is 9.09. The van der Waals surface area contributed by atoms with Crippen molar-refractivity contribution in [3.63, 3.8) is 0 Å². The maximum atomic E-state index is 10.7. The molecule has 0 atom stereocenters. The Labute approximate surface area is 103 Å². The van der Waals surface area contributed by atoms with Crippen LogP contribution in [0.5, 0.6) is 5.75 Å². The number of methoxy groups -OCH3 is 1. The number of aliphatic carboxylic acids is 1. The number of hydrogen-bond acceptors (Lipinski definition) is 2. The Hall–Kier alpha value is -1.29. The number of allylic oxidation sites excluding steroid dienone is 1. The van der Waals surface area contributed by atoms with Crippen LogP contribution in [0.4, 0.5) is 0 Å². The summed E-state index contributed by atoms with van der Waals surface area (Å²) in [5.41, 5.74) is 1.66. The lowest BCUT2D eigenvalue weighted by Gasteiger charge is -2.07. The quantitative estimate of drug-likeness (QED) is 0.846. The summed E-state index contributed by atoms with van der Waals surface area (Å²) in [6.07, 6.45) is 3.85. The number of alkyl halides is 1. The van der Waals surface area contributed by atoms with Gasteiger partial charge in [-0.1, -0.05) is 34.1 Å². The van der Waals surface area contributed by atoms with Crippen LogP contribution in [0, 0.1) is 0 Å². The maximum absolute atomic E-state index is 10.7. The van der Waals surface area contributed by atoms with Crippen LogP contribution in [-0.4, -0.2) is 23.5 Å². The van der Waals surface area contributed by atoms with Gasteiger partial charge in [-0.3, -0.25) is 4.79 Å². The van der Waals surface area contributed by atoms with Crippen molar-refractivity contribution < 1.29 is 14.6 Å². The summed E-state index contributed by atoms with van der Waals surface area (Å²) < 4.78 is 5.11. The molecule has 1 N–H and O–H groups in total. The van der Waals surface area contributed by atoms with E-state index in [1.54, 1.807) is 6.07 Å². The lowest BCUT2D eigenvalue weighted by molar-refractivity contribution is -0.136. The van der Waals surface area contributed by atoms with Crippen molar-refractivity contribution in [2.24, 2.45) is 0 Å². The molecule has 0 aromatic heterocycles. The highest BCUT2D eigenvalue weighted by atomic mass is 79.9. The topological polar surface area (TPSA) is 46.5 Å². The average Bonchev–Trinajstić information content (AvgIpc) is 2.26. The third kappa shape index (κ3) is 3.70. The van der Waals surface area contributed by atoms with Crippen LogP contribution in [-0.2, 0) is 11.2 Å². The molecule has 3 nitrogen and oxygen atoms in total. The Kier molecular flexibility index (Phi) is 5.05. The molecule has 86 valence electrons. The van der Waals surface area contributed by atoms with E-state index in [9.17, 15) is 4.79 Å². The minimum atomic E-state index is -0.861. The Bertz CT molecular complexity index is 399. The summed E-state index contributed by atoms with van der Waals surface area (Å²) in [4.78, 5) is 10.7. The van der Waals surface area contributed by atoms with Crippen LogP contribution < -0.4 is 4.74 Å². The van der Waals surface area contributed by atoms with Gasteiger partial charge < -0.3 is 9.84 Å². The molecule has 0 heterocycles. The number of carboxylic acid groups (broad SMARTS) is 1. The van der Waals surface area contributed by atoms with E-state index in [-0.39, 0.29) is 6.42 Å². The van der Waals surface area contributed by atoms with E-state index < -0.39 is 5.97 Å². The summed E-state index contributed by atoms with van der Waals surface area (Å²) in [6.45, 7) is 0. The summed E-state index contributed by atoms with van der Waals surface area (Å²) in [5, 5.41) is 9.54. The Morgan fingerprint density at radius 2 is 2.31 bits per heavy atom. The molecular weight excluding hydrogens is 272 g/mol. The van der Waals surface area contributed by atoms with E-state index in [0.29, 0.717) is 11.3 Å². The van der Waals surface area contributed by atoms with Crippen LogP contribution >= 0.6 is 15.9 Å². The monoisotopic (exact) mass is 284 g/mol. The standard InChI is InChI=1S/C12H13BrO3/c1-16-11-5-4-9(3-2-6-13)7-10(11)8-12(14)15/h2-5,7H,6,8H2,1H3,(H,14,15).